The third-order valence-corrected chi connectivity index (χ3v) is 3.49. The van der Waals surface area contributed by atoms with Gasteiger partial charge in [0, 0.05) is 24.3 Å². The van der Waals surface area contributed by atoms with E-state index in [2.05, 4.69) is 36.3 Å². The average Bonchev–Trinajstić information content (AvgIpc) is 2.75. The number of aromatic nitrogens is 4. The van der Waals surface area contributed by atoms with Crippen molar-refractivity contribution in [2.45, 2.75) is 0 Å². The van der Waals surface area contributed by atoms with Crippen LogP contribution >= 0.6 is 27.5 Å². The molecule has 0 saturated heterocycles. The number of anilines is 2. The lowest BCUT2D eigenvalue weighted by Crippen LogP contribution is -1.96. The Morgan fingerprint density at radius 3 is 3.00 bits per heavy atom. The second-order valence-electron chi connectivity index (χ2n) is 4.00. The highest BCUT2D eigenvalue weighted by Crippen LogP contribution is 2.26. The minimum Gasteiger partial charge on any atom is -0.339 e. The van der Waals surface area contributed by atoms with Gasteiger partial charge in [-0.2, -0.15) is 10.1 Å². The Labute approximate surface area is 122 Å². The molecule has 0 spiro atoms. The van der Waals surface area contributed by atoms with Crippen molar-refractivity contribution in [3.05, 3.63) is 40.3 Å². The van der Waals surface area contributed by atoms with Crippen LogP contribution < -0.4 is 5.32 Å². The number of benzene rings is 1. The summed E-state index contributed by atoms with van der Waals surface area (Å²) in [5.74, 6) is 0.628. The molecule has 7 heteroatoms. The van der Waals surface area contributed by atoms with Gasteiger partial charge < -0.3 is 5.32 Å². The van der Waals surface area contributed by atoms with Crippen LogP contribution in [0.2, 0.25) is 5.28 Å². The number of aryl methyl sites for hydroxylation is 1. The minimum atomic E-state index is 0.202. The van der Waals surface area contributed by atoms with E-state index in [0.717, 1.165) is 21.1 Å². The second-order valence-corrected chi connectivity index (χ2v) is 5.19. The van der Waals surface area contributed by atoms with E-state index in [1.54, 1.807) is 6.20 Å². The zero-order valence-corrected chi connectivity index (χ0v) is 12.3. The summed E-state index contributed by atoms with van der Waals surface area (Å²) in [4.78, 5) is 8.02. The summed E-state index contributed by atoms with van der Waals surface area (Å²) in [6, 6.07) is 5.97. The Morgan fingerprint density at radius 1 is 1.32 bits per heavy atom. The van der Waals surface area contributed by atoms with Crippen LogP contribution in [0.25, 0.3) is 10.9 Å². The predicted molar refractivity (Wildman–Crippen MR) is 78.7 cm³/mol. The van der Waals surface area contributed by atoms with Crippen LogP contribution in [0.5, 0.6) is 0 Å². The molecule has 0 amide bonds. The van der Waals surface area contributed by atoms with Crippen molar-refractivity contribution in [3.63, 3.8) is 0 Å². The first kappa shape index (κ1) is 12.4. The van der Waals surface area contributed by atoms with E-state index in [9.17, 15) is 0 Å². The number of fused-ring (bicyclic) bond motifs is 1. The molecule has 0 atom stereocenters. The Bertz CT molecular complexity index is 755. The summed E-state index contributed by atoms with van der Waals surface area (Å²) < 4.78 is 2.58. The molecule has 19 heavy (non-hydrogen) atoms. The van der Waals surface area contributed by atoms with Crippen molar-refractivity contribution in [1.82, 2.24) is 19.7 Å². The fourth-order valence-corrected chi connectivity index (χ4v) is 2.23. The minimum absolute atomic E-state index is 0.202. The Morgan fingerprint density at radius 2 is 2.16 bits per heavy atom. The first-order chi connectivity index (χ1) is 9.13. The van der Waals surface area contributed by atoms with Gasteiger partial charge in [0.1, 0.15) is 5.82 Å². The number of nitrogens with one attached hydrogen (secondary N) is 1. The smallest absolute Gasteiger partial charge is 0.224 e. The molecule has 0 saturated carbocycles. The first-order valence-corrected chi connectivity index (χ1v) is 6.67. The fourth-order valence-electron chi connectivity index (χ4n) is 1.81. The summed E-state index contributed by atoms with van der Waals surface area (Å²) in [5.41, 5.74) is 1.99. The van der Waals surface area contributed by atoms with Gasteiger partial charge in [-0.05, 0) is 45.7 Å². The molecular formula is C12H9BrClN5. The van der Waals surface area contributed by atoms with Gasteiger partial charge >= 0.3 is 0 Å². The average molecular weight is 339 g/mol. The van der Waals surface area contributed by atoms with Gasteiger partial charge in [0.2, 0.25) is 5.28 Å². The third kappa shape index (κ3) is 2.41. The van der Waals surface area contributed by atoms with Crippen molar-refractivity contribution in [3.8, 4) is 0 Å². The second kappa shape index (κ2) is 4.79. The maximum atomic E-state index is 5.79. The van der Waals surface area contributed by atoms with Crippen LogP contribution in [0, 0.1) is 0 Å². The number of halogens is 2. The molecule has 1 N–H and O–H groups in total. The molecule has 96 valence electrons. The maximum Gasteiger partial charge on any atom is 0.224 e. The van der Waals surface area contributed by atoms with Crippen LogP contribution in [-0.2, 0) is 7.05 Å². The van der Waals surface area contributed by atoms with Crippen molar-refractivity contribution in [1.29, 1.82) is 0 Å². The van der Waals surface area contributed by atoms with Crippen molar-refractivity contribution in [2.24, 2.45) is 7.05 Å². The van der Waals surface area contributed by atoms with Gasteiger partial charge in [-0.15, -0.1) is 0 Å². The lowest BCUT2D eigenvalue weighted by Gasteiger charge is -2.07. The Kier molecular flexibility index (Phi) is 3.12. The van der Waals surface area contributed by atoms with Crippen LogP contribution in [0.4, 0.5) is 11.5 Å². The van der Waals surface area contributed by atoms with E-state index in [-0.39, 0.29) is 5.28 Å². The van der Waals surface area contributed by atoms with E-state index in [1.807, 2.05) is 36.1 Å². The summed E-state index contributed by atoms with van der Waals surface area (Å²) in [5, 5.41) is 8.66. The largest absolute Gasteiger partial charge is 0.339 e. The summed E-state index contributed by atoms with van der Waals surface area (Å²) >= 11 is 9.16. The molecule has 0 aliphatic heterocycles. The van der Waals surface area contributed by atoms with Crippen LogP contribution in [0.15, 0.2) is 35.1 Å². The van der Waals surface area contributed by atoms with Gasteiger partial charge in [0.25, 0.3) is 0 Å². The molecule has 0 radical (unpaired) electrons. The molecule has 2 aromatic heterocycles. The maximum absolute atomic E-state index is 5.79. The van der Waals surface area contributed by atoms with Crippen molar-refractivity contribution in [2.75, 3.05) is 5.32 Å². The molecule has 0 aliphatic rings. The molecule has 3 rings (SSSR count). The molecular weight excluding hydrogens is 330 g/mol. The van der Waals surface area contributed by atoms with Crippen LogP contribution in [0.3, 0.4) is 0 Å². The highest BCUT2D eigenvalue weighted by atomic mass is 79.9. The SMILES string of the molecule is Cn1ncc2cc(Nc3nc(Cl)ncc3Br)ccc21. The first-order valence-electron chi connectivity index (χ1n) is 5.50. The monoisotopic (exact) mass is 337 g/mol. The third-order valence-electron chi connectivity index (χ3n) is 2.72. The van der Waals surface area contributed by atoms with E-state index in [4.69, 9.17) is 11.6 Å². The summed E-state index contributed by atoms with van der Waals surface area (Å²) in [6.45, 7) is 0. The van der Waals surface area contributed by atoms with Crippen molar-refractivity contribution >= 4 is 49.9 Å². The molecule has 0 fully saturated rings. The van der Waals surface area contributed by atoms with Gasteiger partial charge in [-0.25, -0.2) is 4.98 Å². The molecule has 0 bridgehead atoms. The van der Waals surface area contributed by atoms with Gasteiger partial charge in [0.15, 0.2) is 0 Å². The van der Waals surface area contributed by atoms with E-state index in [0.29, 0.717) is 5.82 Å². The number of hydrogen-bond donors (Lipinski definition) is 1. The fraction of sp³-hybridized carbons (Fsp3) is 0.0833. The van der Waals surface area contributed by atoms with E-state index < -0.39 is 0 Å². The molecule has 5 nitrogen and oxygen atoms in total. The summed E-state index contributed by atoms with van der Waals surface area (Å²) in [6.07, 6.45) is 3.43. The normalized spacial score (nSPS) is 10.9. The van der Waals surface area contributed by atoms with Crippen LogP contribution in [-0.4, -0.2) is 19.7 Å². The lowest BCUT2D eigenvalue weighted by atomic mass is 10.2. The molecule has 0 unspecified atom stereocenters. The molecule has 3 aromatic rings. The molecule has 1 aromatic carbocycles. The topological polar surface area (TPSA) is 55.6 Å². The zero-order chi connectivity index (χ0) is 13.4. The number of hydrogen-bond acceptors (Lipinski definition) is 4. The van der Waals surface area contributed by atoms with Gasteiger partial charge in [0.05, 0.1) is 16.2 Å². The van der Waals surface area contributed by atoms with E-state index >= 15 is 0 Å². The molecule has 0 aliphatic carbocycles. The highest BCUT2D eigenvalue weighted by Gasteiger charge is 2.06. The van der Waals surface area contributed by atoms with Gasteiger partial charge in [-0.3, -0.25) is 4.68 Å². The zero-order valence-electron chi connectivity index (χ0n) is 9.93. The Balaban J connectivity index is 1.98. The number of nitrogens with zero attached hydrogens (tertiary/aromatic N) is 4. The number of rotatable bonds is 2. The van der Waals surface area contributed by atoms with E-state index in [1.165, 1.54) is 0 Å². The predicted octanol–water partition coefficient (Wildman–Crippen LogP) is 3.52. The summed E-state index contributed by atoms with van der Waals surface area (Å²) in [7, 11) is 1.91. The standard InChI is InChI=1S/C12H9BrClN5/c1-19-10-3-2-8(4-7(10)5-16-19)17-11-9(13)6-15-12(14)18-11/h2-6H,1H3,(H,15,17,18). The Hall–Kier alpha value is -1.66. The van der Waals surface area contributed by atoms with Crippen molar-refractivity contribution < 1.29 is 0 Å². The molecule has 2 heterocycles. The quantitative estimate of drug-likeness (QED) is 0.726. The lowest BCUT2D eigenvalue weighted by molar-refractivity contribution is 0.797. The van der Waals surface area contributed by atoms with Gasteiger partial charge in [-0.1, -0.05) is 0 Å². The highest BCUT2D eigenvalue weighted by molar-refractivity contribution is 9.10. The van der Waals surface area contributed by atoms with Crippen LogP contribution in [0.1, 0.15) is 0 Å².